The third kappa shape index (κ3) is 4.55. The molecule has 2 N–H and O–H groups in total. The van der Waals surface area contributed by atoms with E-state index < -0.39 is 0 Å². The molecule has 5 heteroatoms. The minimum atomic E-state index is -0.155. The minimum Gasteiger partial charge on any atom is -0.496 e. The van der Waals surface area contributed by atoms with E-state index in [-0.39, 0.29) is 12.6 Å². The number of aliphatic hydroxyl groups excluding tert-OH is 1. The molecule has 0 bridgehead atoms. The monoisotopic (exact) mass is 354 g/mol. The first kappa shape index (κ1) is 18.3. The Morgan fingerprint density at radius 2 is 1.92 bits per heavy atom. The van der Waals surface area contributed by atoms with E-state index in [1.54, 1.807) is 12.0 Å². The van der Waals surface area contributed by atoms with Crippen LogP contribution in [0.1, 0.15) is 36.3 Å². The normalized spacial score (nSPS) is 13.3. The van der Waals surface area contributed by atoms with Gasteiger partial charge in [0.1, 0.15) is 5.75 Å². The molecular formula is C21H26N2O3. The van der Waals surface area contributed by atoms with Gasteiger partial charge in [-0.2, -0.15) is 0 Å². The van der Waals surface area contributed by atoms with Gasteiger partial charge in [-0.1, -0.05) is 36.4 Å². The number of hydrogen-bond donors (Lipinski definition) is 2. The molecule has 3 rings (SSSR count). The third-order valence-electron chi connectivity index (χ3n) is 4.65. The van der Waals surface area contributed by atoms with Gasteiger partial charge in [-0.05, 0) is 42.9 Å². The fraction of sp³-hybridized carbons (Fsp3) is 0.381. The molecule has 1 saturated carbocycles. The average molecular weight is 354 g/mol. The second kappa shape index (κ2) is 8.72. The summed E-state index contributed by atoms with van der Waals surface area (Å²) < 4.78 is 5.40. The molecule has 0 spiro atoms. The molecule has 2 aromatic carbocycles. The highest BCUT2D eigenvalue weighted by molar-refractivity contribution is 5.90. The van der Waals surface area contributed by atoms with Gasteiger partial charge in [0.25, 0.3) is 0 Å². The molecule has 0 radical (unpaired) electrons. The smallest absolute Gasteiger partial charge is 0.322 e. The average Bonchev–Trinajstić information content (AvgIpc) is 3.51. The number of nitrogens with zero attached hydrogens (tertiary/aromatic N) is 1. The zero-order valence-corrected chi connectivity index (χ0v) is 15.1. The number of amides is 2. The van der Waals surface area contributed by atoms with E-state index in [9.17, 15) is 9.90 Å². The summed E-state index contributed by atoms with van der Waals surface area (Å²) in [5, 5.41) is 12.3. The first-order chi connectivity index (χ1) is 12.7. The Hall–Kier alpha value is -2.53. The van der Waals surface area contributed by atoms with Gasteiger partial charge in [0.05, 0.1) is 13.7 Å². The summed E-state index contributed by atoms with van der Waals surface area (Å²) in [5.74, 6) is 1.32. The molecule has 2 aromatic rings. The number of carbonyl (C=O) groups excluding carboxylic acids is 1. The number of hydrogen-bond acceptors (Lipinski definition) is 3. The third-order valence-corrected chi connectivity index (χ3v) is 4.65. The van der Waals surface area contributed by atoms with Crippen LogP contribution in [0.5, 0.6) is 5.75 Å². The van der Waals surface area contributed by atoms with Crippen molar-refractivity contribution in [3.8, 4) is 5.75 Å². The summed E-state index contributed by atoms with van der Waals surface area (Å²) in [4.78, 5) is 14.6. The SMILES string of the molecule is COc1ccccc1CN(CCCO)C(=O)Nc1ccccc1C1CC1. The van der Waals surface area contributed by atoms with E-state index in [1.165, 1.54) is 18.4 Å². The molecule has 1 fully saturated rings. The fourth-order valence-corrected chi connectivity index (χ4v) is 3.11. The van der Waals surface area contributed by atoms with Crippen molar-refractivity contribution < 1.29 is 14.6 Å². The van der Waals surface area contributed by atoms with Gasteiger partial charge in [0.2, 0.25) is 0 Å². The minimum absolute atomic E-state index is 0.0500. The fourth-order valence-electron chi connectivity index (χ4n) is 3.11. The molecule has 138 valence electrons. The summed E-state index contributed by atoms with van der Waals surface area (Å²) in [7, 11) is 1.63. The van der Waals surface area contributed by atoms with Crippen LogP contribution < -0.4 is 10.1 Å². The van der Waals surface area contributed by atoms with Crippen LogP contribution in [-0.4, -0.2) is 36.3 Å². The number of ether oxygens (including phenoxy) is 1. The van der Waals surface area contributed by atoms with Gasteiger partial charge in [0.15, 0.2) is 0 Å². The number of aliphatic hydroxyl groups is 1. The lowest BCUT2D eigenvalue weighted by molar-refractivity contribution is 0.198. The van der Waals surface area contributed by atoms with Gasteiger partial charge in [0, 0.05) is 24.4 Å². The van der Waals surface area contributed by atoms with Crippen molar-refractivity contribution in [1.29, 1.82) is 0 Å². The van der Waals surface area contributed by atoms with Crippen LogP contribution in [0.3, 0.4) is 0 Å². The Balaban J connectivity index is 1.75. The van der Waals surface area contributed by atoms with E-state index in [0.717, 1.165) is 17.0 Å². The number of urea groups is 1. The van der Waals surface area contributed by atoms with Gasteiger partial charge >= 0.3 is 6.03 Å². The Morgan fingerprint density at radius 3 is 2.65 bits per heavy atom. The molecular weight excluding hydrogens is 328 g/mol. The maximum atomic E-state index is 12.9. The van der Waals surface area contributed by atoms with Gasteiger partial charge in [-0.25, -0.2) is 4.79 Å². The molecule has 2 amide bonds. The van der Waals surface area contributed by atoms with Crippen molar-refractivity contribution in [3.63, 3.8) is 0 Å². The number of benzene rings is 2. The van der Waals surface area contributed by atoms with E-state index >= 15 is 0 Å². The van der Waals surface area contributed by atoms with Crippen molar-refractivity contribution in [2.75, 3.05) is 25.6 Å². The highest BCUT2D eigenvalue weighted by Gasteiger charge is 2.27. The molecule has 0 aliphatic heterocycles. The second-order valence-electron chi connectivity index (χ2n) is 6.60. The van der Waals surface area contributed by atoms with Crippen molar-refractivity contribution in [3.05, 3.63) is 59.7 Å². The quantitative estimate of drug-likeness (QED) is 0.753. The lowest BCUT2D eigenvalue weighted by Gasteiger charge is -2.24. The van der Waals surface area contributed by atoms with Gasteiger partial charge in [-0.3, -0.25) is 0 Å². The number of para-hydroxylation sites is 2. The molecule has 0 heterocycles. The topological polar surface area (TPSA) is 61.8 Å². The molecule has 26 heavy (non-hydrogen) atoms. The van der Waals surface area contributed by atoms with Crippen LogP contribution in [0.15, 0.2) is 48.5 Å². The zero-order chi connectivity index (χ0) is 18.4. The summed E-state index contributed by atoms with van der Waals surface area (Å²) >= 11 is 0. The Bertz CT molecular complexity index is 744. The predicted molar refractivity (Wildman–Crippen MR) is 103 cm³/mol. The Morgan fingerprint density at radius 1 is 1.19 bits per heavy atom. The summed E-state index contributed by atoms with van der Waals surface area (Å²) in [6.45, 7) is 0.960. The predicted octanol–water partition coefficient (Wildman–Crippen LogP) is 3.99. The lowest BCUT2D eigenvalue weighted by atomic mass is 10.1. The van der Waals surface area contributed by atoms with Crippen molar-refractivity contribution in [2.24, 2.45) is 0 Å². The maximum absolute atomic E-state index is 12.9. The van der Waals surface area contributed by atoms with Crippen molar-refractivity contribution >= 4 is 11.7 Å². The molecule has 5 nitrogen and oxygen atoms in total. The second-order valence-corrected chi connectivity index (χ2v) is 6.60. The van der Waals surface area contributed by atoms with E-state index in [2.05, 4.69) is 11.4 Å². The van der Waals surface area contributed by atoms with Crippen LogP contribution in [0.4, 0.5) is 10.5 Å². The molecule has 0 saturated heterocycles. The van der Waals surface area contributed by atoms with Crippen molar-refractivity contribution in [1.82, 2.24) is 4.90 Å². The largest absolute Gasteiger partial charge is 0.496 e. The van der Waals surface area contributed by atoms with Gasteiger partial charge < -0.3 is 20.1 Å². The molecule has 1 aliphatic rings. The van der Waals surface area contributed by atoms with E-state index in [0.29, 0.717) is 25.4 Å². The number of anilines is 1. The molecule has 0 unspecified atom stereocenters. The van der Waals surface area contributed by atoms with E-state index in [4.69, 9.17) is 4.74 Å². The highest BCUT2D eigenvalue weighted by atomic mass is 16.5. The standard InChI is InChI=1S/C21H26N2O3/c1-26-20-10-5-2-7-17(20)15-23(13-6-14-24)21(25)22-19-9-4-3-8-18(19)16-11-12-16/h2-5,7-10,16,24H,6,11-15H2,1H3,(H,22,25). The Labute approximate surface area is 154 Å². The number of carbonyl (C=O) groups is 1. The summed E-state index contributed by atoms with van der Waals surface area (Å²) in [6.07, 6.45) is 2.90. The molecule has 0 atom stereocenters. The van der Waals surface area contributed by atoms with Crippen LogP contribution in [-0.2, 0) is 6.54 Å². The zero-order valence-electron chi connectivity index (χ0n) is 15.1. The summed E-state index contributed by atoms with van der Waals surface area (Å²) in [6, 6.07) is 15.5. The van der Waals surface area contributed by atoms with Crippen LogP contribution in [0, 0.1) is 0 Å². The highest BCUT2D eigenvalue weighted by Crippen LogP contribution is 2.43. The van der Waals surface area contributed by atoms with E-state index in [1.807, 2.05) is 42.5 Å². The molecule has 1 aliphatic carbocycles. The number of nitrogens with one attached hydrogen (secondary N) is 1. The number of methoxy groups -OCH3 is 1. The van der Waals surface area contributed by atoms with Crippen LogP contribution in [0.2, 0.25) is 0 Å². The molecule has 0 aromatic heterocycles. The number of rotatable bonds is 8. The van der Waals surface area contributed by atoms with Gasteiger partial charge in [-0.15, -0.1) is 0 Å². The first-order valence-electron chi connectivity index (χ1n) is 9.10. The Kier molecular flexibility index (Phi) is 6.12. The first-order valence-corrected chi connectivity index (χ1v) is 9.10. The van der Waals surface area contributed by atoms with Crippen molar-refractivity contribution in [2.45, 2.75) is 31.7 Å². The van der Waals surface area contributed by atoms with Crippen LogP contribution >= 0.6 is 0 Å². The lowest BCUT2D eigenvalue weighted by Crippen LogP contribution is -2.36. The summed E-state index contributed by atoms with van der Waals surface area (Å²) in [5.41, 5.74) is 3.04. The van der Waals surface area contributed by atoms with Crippen LogP contribution in [0.25, 0.3) is 0 Å². The maximum Gasteiger partial charge on any atom is 0.322 e.